The van der Waals surface area contributed by atoms with E-state index in [1.54, 1.807) is 0 Å². The molecule has 2 heteroatoms. The van der Waals surface area contributed by atoms with Crippen molar-refractivity contribution in [2.24, 2.45) is 5.41 Å². The highest BCUT2D eigenvalue weighted by Gasteiger charge is 2.20. The van der Waals surface area contributed by atoms with Crippen LogP contribution < -0.4 is 0 Å². The SMILES string of the molecule is CCC1(C)C=Cc2cn3cnc(C(C)(C)C)cc3c2C=C1. The van der Waals surface area contributed by atoms with Crippen LogP contribution in [0, 0.1) is 5.41 Å². The number of nitrogens with zero attached hydrogens (tertiary/aromatic N) is 2. The van der Waals surface area contributed by atoms with Gasteiger partial charge in [0, 0.05) is 33.8 Å². The van der Waals surface area contributed by atoms with Crippen LogP contribution in [0.2, 0.25) is 0 Å². The fourth-order valence-electron chi connectivity index (χ4n) is 2.68. The van der Waals surface area contributed by atoms with Gasteiger partial charge in [0.05, 0.1) is 11.8 Å². The monoisotopic (exact) mass is 280 g/mol. The average molecular weight is 280 g/mol. The van der Waals surface area contributed by atoms with Crippen molar-refractivity contribution < 1.29 is 0 Å². The van der Waals surface area contributed by atoms with Crippen molar-refractivity contribution >= 4 is 17.7 Å². The molecule has 110 valence electrons. The molecule has 1 atom stereocenters. The summed E-state index contributed by atoms with van der Waals surface area (Å²) in [5, 5.41) is 0. The molecule has 0 radical (unpaired) electrons. The van der Waals surface area contributed by atoms with Crippen molar-refractivity contribution in [1.29, 1.82) is 0 Å². The second-order valence-corrected chi connectivity index (χ2v) is 7.34. The molecule has 2 aromatic rings. The maximum atomic E-state index is 4.60. The van der Waals surface area contributed by atoms with E-state index in [1.165, 1.54) is 16.6 Å². The molecule has 0 aromatic carbocycles. The lowest BCUT2D eigenvalue weighted by molar-refractivity contribution is 0.536. The van der Waals surface area contributed by atoms with Crippen molar-refractivity contribution in [2.75, 3.05) is 0 Å². The molecule has 2 aromatic heterocycles. The molecule has 2 heterocycles. The zero-order valence-electron chi connectivity index (χ0n) is 13.6. The Kier molecular flexibility index (Phi) is 3.09. The van der Waals surface area contributed by atoms with Crippen LogP contribution >= 0.6 is 0 Å². The molecule has 0 saturated heterocycles. The Morgan fingerprint density at radius 3 is 2.57 bits per heavy atom. The molecule has 0 bridgehead atoms. The second-order valence-electron chi connectivity index (χ2n) is 7.34. The third-order valence-electron chi connectivity index (χ3n) is 4.54. The summed E-state index contributed by atoms with van der Waals surface area (Å²) >= 11 is 0. The molecule has 0 spiro atoms. The van der Waals surface area contributed by atoms with Gasteiger partial charge in [0.1, 0.15) is 0 Å². The third kappa shape index (κ3) is 2.44. The topological polar surface area (TPSA) is 17.3 Å². The highest BCUT2D eigenvalue weighted by molar-refractivity contribution is 5.81. The number of fused-ring (bicyclic) bond motifs is 3. The molecule has 0 fully saturated rings. The summed E-state index contributed by atoms with van der Waals surface area (Å²) < 4.78 is 2.13. The Bertz CT molecular complexity index is 741. The largest absolute Gasteiger partial charge is 0.307 e. The Morgan fingerprint density at radius 1 is 1.19 bits per heavy atom. The Labute approximate surface area is 127 Å². The van der Waals surface area contributed by atoms with Gasteiger partial charge in [-0.05, 0) is 12.5 Å². The summed E-state index contributed by atoms with van der Waals surface area (Å²) in [6, 6.07) is 2.23. The average Bonchev–Trinajstić information content (AvgIpc) is 2.70. The van der Waals surface area contributed by atoms with E-state index in [-0.39, 0.29) is 10.8 Å². The van der Waals surface area contributed by atoms with Crippen LogP contribution in [0.4, 0.5) is 0 Å². The van der Waals surface area contributed by atoms with Gasteiger partial charge in [0.15, 0.2) is 0 Å². The van der Waals surface area contributed by atoms with E-state index in [0.29, 0.717) is 0 Å². The maximum absolute atomic E-state index is 4.60. The van der Waals surface area contributed by atoms with E-state index in [1.807, 2.05) is 6.33 Å². The molecule has 0 amide bonds. The van der Waals surface area contributed by atoms with Gasteiger partial charge in [-0.25, -0.2) is 4.98 Å². The van der Waals surface area contributed by atoms with Crippen LogP contribution in [0.1, 0.15) is 57.9 Å². The Morgan fingerprint density at radius 2 is 1.90 bits per heavy atom. The normalized spacial score (nSPS) is 21.6. The van der Waals surface area contributed by atoms with E-state index in [0.717, 1.165) is 12.1 Å². The fourth-order valence-corrected chi connectivity index (χ4v) is 2.68. The molecular weight excluding hydrogens is 256 g/mol. The molecule has 1 unspecified atom stereocenters. The summed E-state index contributed by atoms with van der Waals surface area (Å²) in [6.45, 7) is 11.1. The van der Waals surface area contributed by atoms with Gasteiger partial charge in [-0.15, -0.1) is 0 Å². The number of hydrogen-bond acceptors (Lipinski definition) is 1. The fraction of sp³-hybridized carbons (Fsp3) is 0.421. The van der Waals surface area contributed by atoms with E-state index < -0.39 is 0 Å². The van der Waals surface area contributed by atoms with Crippen LogP contribution in [0.3, 0.4) is 0 Å². The van der Waals surface area contributed by atoms with Gasteiger partial charge in [0.2, 0.25) is 0 Å². The van der Waals surface area contributed by atoms with Crippen molar-refractivity contribution in [2.45, 2.75) is 46.5 Å². The van der Waals surface area contributed by atoms with Gasteiger partial charge in [-0.3, -0.25) is 0 Å². The van der Waals surface area contributed by atoms with Crippen molar-refractivity contribution in [3.05, 3.63) is 47.6 Å². The summed E-state index contributed by atoms with van der Waals surface area (Å²) in [5.41, 5.74) is 5.18. The molecule has 0 aliphatic heterocycles. The summed E-state index contributed by atoms with van der Waals surface area (Å²) in [7, 11) is 0. The van der Waals surface area contributed by atoms with Gasteiger partial charge < -0.3 is 4.40 Å². The first-order valence-corrected chi connectivity index (χ1v) is 7.72. The predicted molar refractivity (Wildman–Crippen MR) is 90.4 cm³/mol. The molecule has 0 saturated carbocycles. The zero-order chi connectivity index (χ0) is 15.3. The highest BCUT2D eigenvalue weighted by atomic mass is 15.0. The standard InChI is InChI=1S/C19H24N2/c1-6-19(5)9-7-14-12-21-13-20-17(18(2,3)4)11-16(21)15(14)8-10-19/h7-13H,6H2,1-5H3. The third-order valence-corrected chi connectivity index (χ3v) is 4.54. The lowest BCUT2D eigenvalue weighted by Gasteiger charge is -2.18. The Balaban J connectivity index is 2.19. The van der Waals surface area contributed by atoms with E-state index in [9.17, 15) is 0 Å². The van der Waals surface area contributed by atoms with Crippen LogP contribution in [-0.4, -0.2) is 9.38 Å². The maximum Gasteiger partial charge on any atom is 0.0994 e. The zero-order valence-corrected chi connectivity index (χ0v) is 13.6. The lowest BCUT2D eigenvalue weighted by atomic mass is 9.87. The predicted octanol–water partition coefficient (Wildman–Crippen LogP) is 5.09. The lowest BCUT2D eigenvalue weighted by Crippen LogP contribution is -2.13. The molecular formula is C19H24N2. The molecule has 21 heavy (non-hydrogen) atoms. The summed E-state index contributed by atoms with van der Waals surface area (Å²) in [6.07, 6.45) is 14.4. The molecule has 2 nitrogen and oxygen atoms in total. The van der Waals surface area contributed by atoms with Gasteiger partial charge in [-0.1, -0.05) is 58.9 Å². The number of aromatic nitrogens is 2. The molecule has 1 aliphatic rings. The van der Waals surface area contributed by atoms with Crippen LogP contribution in [0.15, 0.2) is 30.7 Å². The van der Waals surface area contributed by atoms with Gasteiger partial charge in [0.25, 0.3) is 0 Å². The van der Waals surface area contributed by atoms with Crippen molar-refractivity contribution in [1.82, 2.24) is 9.38 Å². The van der Waals surface area contributed by atoms with Gasteiger partial charge >= 0.3 is 0 Å². The second kappa shape index (κ2) is 4.59. The smallest absolute Gasteiger partial charge is 0.0994 e. The van der Waals surface area contributed by atoms with Gasteiger partial charge in [-0.2, -0.15) is 0 Å². The molecule has 3 rings (SSSR count). The van der Waals surface area contributed by atoms with E-state index in [4.69, 9.17) is 0 Å². The minimum absolute atomic E-state index is 0.0706. The first-order valence-electron chi connectivity index (χ1n) is 7.72. The Hall–Kier alpha value is -1.83. The highest BCUT2D eigenvalue weighted by Crippen LogP contribution is 2.34. The molecule has 0 N–H and O–H groups in total. The number of allylic oxidation sites excluding steroid dienone is 2. The van der Waals surface area contributed by atoms with E-state index >= 15 is 0 Å². The van der Waals surface area contributed by atoms with Crippen molar-refractivity contribution in [3.8, 4) is 0 Å². The summed E-state index contributed by atoms with van der Waals surface area (Å²) in [4.78, 5) is 4.60. The minimum atomic E-state index is 0.0706. The van der Waals surface area contributed by atoms with Crippen LogP contribution in [0.25, 0.3) is 17.7 Å². The minimum Gasteiger partial charge on any atom is -0.307 e. The van der Waals surface area contributed by atoms with E-state index in [2.05, 4.69) is 80.6 Å². The molecule has 1 aliphatic carbocycles. The van der Waals surface area contributed by atoms with Crippen LogP contribution in [-0.2, 0) is 5.41 Å². The first kappa shape index (κ1) is 14.1. The number of hydrogen-bond donors (Lipinski definition) is 0. The van der Waals surface area contributed by atoms with Crippen molar-refractivity contribution in [3.63, 3.8) is 0 Å². The first-order chi connectivity index (χ1) is 9.82. The van der Waals surface area contributed by atoms with Crippen LogP contribution in [0.5, 0.6) is 0 Å². The number of rotatable bonds is 1. The quantitative estimate of drug-likeness (QED) is 0.711. The summed E-state index contributed by atoms with van der Waals surface area (Å²) in [5.74, 6) is 0.